The van der Waals surface area contributed by atoms with Crippen LogP contribution in [0.4, 0.5) is 0 Å². The predicted molar refractivity (Wildman–Crippen MR) is 78.8 cm³/mol. The van der Waals surface area contributed by atoms with Crippen LogP contribution in [0.2, 0.25) is 0 Å². The smallest absolute Gasteiger partial charge is 0.0632 e. The van der Waals surface area contributed by atoms with E-state index in [4.69, 9.17) is 5.11 Å². The highest BCUT2D eigenvalue weighted by Crippen LogP contribution is 2.15. The first kappa shape index (κ1) is 14.2. The van der Waals surface area contributed by atoms with Crippen molar-refractivity contribution < 1.29 is 5.11 Å². The van der Waals surface area contributed by atoms with E-state index in [1.165, 1.54) is 5.56 Å². The van der Waals surface area contributed by atoms with Crippen molar-refractivity contribution in [1.29, 1.82) is 0 Å². The van der Waals surface area contributed by atoms with Crippen LogP contribution in [0.3, 0.4) is 0 Å². The largest absolute Gasteiger partial charge is 0.396 e. The predicted octanol–water partition coefficient (Wildman–Crippen LogP) is 2.36. The Bertz CT molecular complexity index is 486. The van der Waals surface area contributed by atoms with Crippen LogP contribution in [-0.2, 0) is 6.54 Å². The maximum atomic E-state index is 9.15. The zero-order valence-corrected chi connectivity index (χ0v) is 12.3. The van der Waals surface area contributed by atoms with Crippen molar-refractivity contribution in [3.8, 4) is 0 Å². The molecule has 1 aromatic heterocycles. The molecular formula is C14H18BrN3O. The highest BCUT2D eigenvalue weighted by Gasteiger charge is 2.09. The van der Waals surface area contributed by atoms with Crippen molar-refractivity contribution in [2.45, 2.75) is 19.0 Å². The van der Waals surface area contributed by atoms with E-state index < -0.39 is 0 Å². The highest BCUT2D eigenvalue weighted by atomic mass is 79.9. The maximum Gasteiger partial charge on any atom is 0.0632 e. The number of aromatic nitrogens is 2. The fraction of sp³-hybridized carbons (Fsp3) is 0.357. The minimum absolute atomic E-state index is 0.180. The third-order valence-corrected chi connectivity index (χ3v) is 3.36. The van der Waals surface area contributed by atoms with Crippen molar-refractivity contribution in [3.63, 3.8) is 0 Å². The molecule has 1 unspecified atom stereocenters. The summed E-state index contributed by atoms with van der Waals surface area (Å²) in [6.07, 6.45) is 4.44. The lowest BCUT2D eigenvalue weighted by molar-refractivity contribution is 0.264. The summed E-state index contributed by atoms with van der Waals surface area (Å²) in [7, 11) is 0. The number of nitrogens with one attached hydrogen (secondary N) is 1. The summed E-state index contributed by atoms with van der Waals surface area (Å²) in [5.74, 6) is 0. The van der Waals surface area contributed by atoms with E-state index in [1.807, 2.05) is 29.1 Å². The number of hydrogen-bond donors (Lipinski definition) is 2. The lowest BCUT2D eigenvalue weighted by atomic mass is 10.0. The first-order valence-corrected chi connectivity index (χ1v) is 7.16. The summed E-state index contributed by atoms with van der Waals surface area (Å²) in [5, 5.41) is 16.8. The SMILES string of the molecule is OCCC(NCCn1cc(Br)cn1)c1ccccc1. The fourth-order valence-corrected chi connectivity index (χ4v) is 2.34. The van der Waals surface area contributed by atoms with Gasteiger partial charge in [-0.1, -0.05) is 30.3 Å². The average molecular weight is 324 g/mol. The minimum atomic E-state index is 0.180. The molecule has 2 aromatic rings. The molecule has 0 fully saturated rings. The van der Waals surface area contributed by atoms with Gasteiger partial charge in [0.05, 0.1) is 17.2 Å². The molecule has 1 heterocycles. The Morgan fingerprint density at radius 3 is 2.74 bits per heavy atom. The van der Waals surface area contributed by atoms with Gasteiger partial charge in [-0.3, -0.25) is 4.68 Å². The Morgan fingerprint density at radius 1 is 1.32 bits per heavy atom. The van der Waals surface area contributed by atoms with Crippen LogP contribution in [0.1, 0.15) is 18.0 Å². The molecule has 2 N–H and O–H groups in total. The second-order valence-electron chi connectivity index (χ2n) is 4.35. The summed E-state index contributed by atoms with van der Waals surface area (Å²) >= 11 is 3.38. The molecule has 1 aromatic carbocycles. The number of nitrogens with zero attached hydrogens (tertiary/aromatic N) is 2. The number of rotatable bonds is 7. The summed E-state index contributed by atoms with van der Waals surface area (Å²) in [6.45, 7) is 1.80. The minimum Gasteiger partial charge on any atom is -0.396 e. The molecule has 2 rings (SSSR count). The quantitative estimate of drug-likeness (QED) is 0.822. The van der Waals surface area contributed by atoms with Gasteiger partial charge in [-0.15, -0.1) is 0 Å². The van der Waals surface area contributed by atoms with Crippen molar-refractivity contribution >= 4 is 15.9 Å². The first-order valence-electron chi connectivity index (χ1n) is 6.37. The first-order chi connectivity index (χ1) is 9.29. The zero-order valence-electron chi connectivity index (χ0n) is 10.7. The third kappa shape index (κ3) is 4.45. The molecule has 0 aliphatic heterocycles. The molecule has 102 valence electrons. The molecule has 0 saturated heterocycles. The summed E-state index contributed by atoms with van der Waals surface area (Å²) in [6, 6.07) is 10.4. The van der Waals surface area contributed by atoms with E-state index in [9.17, 15) is 0 Å². The van der Waals surface area contributed by atoms with Crippen molar-refractivity contribution in [2.75, 3.05) is 13.2 Å². The van der Waals surface area contributed by atoms with Gasteiger partial charge < -0.3 is 10.4 Å². The van der Waals surface area contributed by atoms with Crippen molar-refractivity contribution in [3.05, 3.63) is 52.8 Å². The molecule has 0 aliphatic rings. The van der Waals surface area contributed by atoms with E-state index in [2.05, 4.69) is 38.5 Å². The topological polar surface area (TPSA) is 50.1 Å². The van der Waals surface area contributed by atoms with Crippen LogP contribution in [0, 0.1) is 0 Å². The van der Waals surface area contributed by atoms with E-state index >= 15 is 0 Å². The summed E-state index contributed by atoms with van der Waals surface area (Å²) in [4.78, 5) is 0. The van der Waals surface area contributed by atoms with Gasteiger partial charge >= 0.3 is 0 Å². The van der Waals surface area contributed by atoms with E-state index in [0.29, 0.717) is 6.42 Å². The van der Waals surface area contributed by atoms with Crippen LogP contribution < -0.4 is 5.32 Å². The van der Waals surface area contributed by atoms with E-state index in [1.54, 1.807) is 6.20 Å². The molecule has 0 aliphatic carbocycles. The van der Waals surface area contributed by atoms with Crippen LogP contribution in [0.15, 0.2) is 47.2 Å². The highest BCUT2D eigenvalue weighted by molar-refractivity contribution is 9.10. The van der Waals surface area contributed by atoms with Gasteiger partial charge in [0.1, 0.15) is 0 Å². The van der Waals surface area contributed by atoms with Gasteiger partial charge in [-0.2, -0.15) is 5.10 Å². The zero-order chi connectivity index (χ0) is 13.5. The Kier molecular flexibility index (Phi) is 5.57. The molecule has 19 heavy (non-hydrogen) atoms. The Hall–Kier alpha value is -1.17. The normalized spacial score (nSPS) is 12.5. The number of aliphatic hydroxyl groups excluding tert-OH is 1. The molecular weight excluding hydrogens is 306 g/mol. The van der Waals surface area contributed by atoms with E-state index in [-0.39, 0.29) is 12.6 Å². The standard InChI is InChI=1S/C14H18BrN3O/c15-13-10-17-18(11-13)8-7-16-14(6-9-19)12-4-2-1-3-5-12/h1-5,10-11,14,16,19H,6-9H2. The molecule has 0 amide bonds. The van der Waals surface area contributed by atoms with Crippen molar-refractivity contribution in [1.82, 2.24) is 15.1 Å². The maximum absolute atomic E-state index is 9.15. The molecule has 0 saturated carbocycles. The lowest BCUT2D eigenvalue weighted by Gasteiger charge is -2.18. The van der Waals surface area contributed by atoms with Crippen LogP contribution in [0.25, 0.3) is 0 Å². The second kappa shape index (κ2) is 7.43. The summed E-state index contributed by atoms with van der Waals surface area (Å²) < 4.78 is 2.88. The Balaban J connectivity index is 1.87. The molecule has 1 atom stereocenters. The average Bonchev–Trinajstić information content (AvgIpc) is 2.84. The van der Waals surface area contributed by atoms with Gasteiger partial charge in [-0.05, 0) is 27.9 Å². The summed E-state index contributed by atoms with van der Waals surface area (Å²) in [5.41, 5.74) is 1.21. The van der Waals surface area contributed by atoms with Gasteiger partial charge in [0.15, 0.2) is 0 Å². The van der Waals surface area contributed by atoms with Crippen molar-refractivity contribution in [2.24, 2.45) is 0 Å². The molecule has 0 spiro atoms. The van der Waals surface area contributed by atoms with Crippen LogP contribution in [0.5, 0.6) is 0 Å². The third-order valence-electron chi connectivity index (χ3n) is 2.95. The number of aliphatic hydroxyl groups is 1. The number of halogens is 1. The Labute approximate surface area is 121 Å². The van der Waals surface area contributed by atoms with Gasteiger partial charge in [0.2, 0.25) is 0 Å². The van der Waals surface area contributed by atoms with Gasteiger partial charge in [0.25, 0.3) is 0 Å². The molecule has 4 nitrogen and oxygen atoms in total. The number of benzene rings is 1. The second-order valence-corrected chi connectivity index (χ2v) is 5.27. The lowest BCUT2D eigenvalue weighted by Crippen LogP contribution is -2.26. The molecule has 5 heteroatoms. The van der Waals surface area contributed by atoms with E-state index in [0.717, 1.165) is 17.6 Å². The van der Waals surface area contributed by atoms with Gasteiger partial charge in [0, 0.05) is 25.4 Å². The molecule has 0 radical (unpaired) electrons. The number of hydrogen-bond acceptors (Lipinski definition) is 3. The monoisotopic (exact) mass is 323 g/mol. The Morgan fingerprint density at radius 2 is 2.11 bits per heavy atom. The fourth-order valence-electron chi connectivity index (χ4n) is 2.01. The molecule has 0 bridgehead atoms. The van der Waals surface area contributed by atoms with Crippen LogP contribution in [-0.4, -0.2) is 28.0 Å². The van der Waals surface area contributed by atoms with Crippen LogP contribution >= 0.6 is 15.9 Å². The van der Waals surface area contributed by atoms with Gasteiger partial charge in [-0.25, -0.2) is 0 Å².